The number of β-lactam (4-membered cyclic amide) rings is 1. The number of aromatic amines is 1. The van der Waals surface area contributed by atoms with Gasteiger partial charge in [0.05, 0.1) is 17.6 Å². The Morgan fingerprint density at radius 3 is 2.17 bits per heavy atom. The number of hydrogen-bond acceptors (Lipinski definition) is 11. The van der Waals surface area contributed by atoms with E-state index in [0.717, 1.165) is 39.1 Å². The predicted molar refractivity (Wildman–Crippen MR) is 227 cm³/mol. The van der Waals surface area contributed by atoms with Crippen LogP contribution in [0.4, 0.5) is 5.13 Å². The number of carboxylic acids is 1. The van der Waals surface area contributed by atoms with Crippen LogP contribution >= 0.6 is 23.1 Å². The first-order valence-electron chi connectivity index (χ1n) is 19.0. The zero-order valence-electron chi connectivity index (χ0n) is 31.7. The molecule has 6 aromatic rings. The number of aliphatic carboxylic acids is 1. The second-order valence-electron chi connectivity index (χ2n) is 14.3. The Hall–Kier alpha value is -7.04. The third-order valence-electron chi connectivity index (χ3n) is 10.6. The van der Waals surface area contributed by atoms with Gasteiger partial charge in [0.1, 0.15) is 28.6 Å². The first kappa shape index (κ1) is 38.5. The number of likely N-dealkylation sites (tertiary alicyclic amines) is 1. The van der Waals surface area contributed by atoms with Crippen LogP contribution in [0.25, 0.3) is 11.0 Å². The first-order chi connectivity index (χ1) is 29.2. The molecule has 14 nitrogen and oxygen atoms in total. The lowest BCUT2D eigenvalue weighted by Gasteiger charge is -2.49. The number of H-pyrrole nitrogens is 1. The number of nitrogens with two attached hydrogens (primary N) is 1. The molecule has 5 heterocycles. The molecule has 4 aromatic carbocycles. The van der Waals surface area contributed by atoms with Crippen LogP contribution in [0, 0.1) is 0 Å². The number of imidazole rings is 1. The van der Waals surface area contributed by atoms with Gasteiger partial charge >= 0.3 is 5.97 Å². The summed E-state index contributed by atoms with van der Waals surface area (Å²) in [5.74, 6) is -2.11. The summed E-state index contributed by atoms with van der Waals surface area (Å²) in [4.78, 5) is 76.0. The average Bonchev–Trinajstić information content (AvgIpc) is 4.00. The van der Waals surface area contributed by atoms with Crippen molar-refractivity contribution in [3.63, 3.8) is 0 Å². The van der Waals surface area contributed by atoms with Gasteiger partial charge in [-0.1, -0.05) is 108 Å². The van der Waals surface area contributed by atoms with Crippen molar-refractivity contribution in [3.05, 3.63) is 172 Å². The number of anilines is 1. The van der Waals surface area contributed by atoms with E-state index in [9.17, 15) is 24.3 Å². The first-order valence-corrected chi connectivity index (χ1v) is 20.9. The summed E-state index contributed by atoms with van der Waals surface area (Å²) in [7, 11) is 0. The van der Waals surface area contributed by atoms with Crippen molar-refractivity contribution in [2.75, 3.05) is 18.0 Å². The number of thioether (sulfide) groups is 1. The lowest BCUT2D eigenvalue weighted by Crippen LogP contribution is -2.71. The Kier molecular flexibility index (Phi) is 10.2. The van der Waals surface area contributed by atoms with E-state index in [0.29, 0.717) is 29.9 Å². The number of carbonyl (C=O) groups is 4. The molecule has 0 radical (unpaired) electrons. The smallest absolute Gasteiger partial charge is 0.352 e. The maximum absolute atomic E-state index is 14.3. The summed E-state index contributed by atoms with van der Waals surface area (Å²) in [6.07, 6.45) is 1.99. The highest BCUT2D eigenvalue weighted by Gasteiger charge is 2.54. The Bertz CT molecular complexity index is 2600. The highest BCUT2D eigenvalue weighted by Crippen LogP contribution is 2.43. The minimum Gasteiger partial charge on any atom is -0.477 e. The summed E-state index contributed by atoms with van der Waals surface area (Å²) >= 11 is 2.40. The average molecular weight is 837 g/mol. The Labute approximate surface area is 351 Å². The van der Waals surface area contributed by atoms with Crippen LogP contribution < -0.4 is 11.1 Å². The second kappa shape index (κ2) is 16.0. The summed E-state index contributed by atoms with van der Waals surface area (Å²) in [5, 5.41) is 18.7. The SMILES string of the molecule is Nc1nc(/C(=N/OC(c2ccccc2)(c2ccccc2)c2ccccc2)C(=O)N[C@@H]2C(=O)N3C(C(=O)O)=C(/C=C4\CCN(Cc5nc6ccccc6[nH]5)C4=O)CS[C@H]23)cs1. The zero-order valence-corrected chi connectivity index (χ0v) is 33.4. The fraction of sp³-hybridized carbons (Fsp3) is 0.159. The molecule has 9 rings (SSSR count). The van der Waals surface area contributed by atoms with E-state index in [2.05, 4.69) is 25.4 Å². The van der Waals surface area contributed by atoms with Crippen molar-refractivity contribution < 1.29 is 29.1 Å². The second-order valence-corrected chi connectivity index (χ2v) is 16.3. The molecule has 3 aliphatic heterocycles. The van der Waals surface area contributed by atoms with Crippen LogP contribution in [0.1, 0.15) is 34.6 Å². The zero-order chi connectivity index (χ0) is 41.4. The van der Waals surface area contributed by atoms with Crippen LogP contribution in [0.5, 0.6) is 0 Å². The maximum atomic E-state index is 14.3. The van der Waals surface area contributed by atoms with Gasteiger partial charge in [-0.3, -0.25) is 19.3 Å². The fourth-order valence-corrected chi connectivity index (χ4v) is 9.63. The Morgan fingerprint density at radius 2 is 1.57 bits per heavy atom. The van der Waals surface area contributed by atoms with Gasteiger partial charge in [-0.15, -0.1) is 23.1 Å². The molecule has 3 amide bonds. The number of carboxylic acid groups (broad SMARTS) is 1. The molecule has 16 heteroatoms. The number of fused-ring (bicyclic) bond motifs is 2. The van der Waals surface area contributed by atoms with Gasteiger partial charge in [-0.05, 0) is 30.2 Å². The van der Waals surface area contributed by atoms with Gasteiger partial charge in [0.2, 0.25) is 11.5 Å². The lowest BCUT2D eigenvalue weighted by atomic mass is 9.80. The molecule has 5 N–H and O–H groups in total. The fourth-order valence-electron chi connectivity index (χ4n) is 7.78. The number of oxime groups is 1. The largest absolute Gasteiger partial charge is 0.477 e. The maximum Gasteiger partial charge on any atom is 0.352 e. The topological polar surface area (TPSA) is 196 Å². The third kappa shape index (κ3) is 6.98. The van der Waals surface area contributed by atoms with Crippen molar-refractivity contribution in [1.82, 2.24) is 30.1 Å². The number of para-hydroxylation sites is 2. The van der Waals surface area contributed by atoms with E-state index < -0.39 is 34.8 Å². The van der Waals surface area contributed by atoms with Gasteiger partial charge in [-0.2, -0.15) is 0 Å². The molecule has 2 saturated heterocycles. The highest BCUT2D eigenvalue weighted by atomic mass is 32.2. The van der Waals surface area contributed by atoms with E-state index in [4.69, 9.17) is 10.6 Å². The number of thiazole rings is 1. The number of rotatable bonds is 12. The van der Waals surface area contributed by atoms with E-state index >= 15 is 0 Å². The highest BCUT2D eigenvalue weighted by molar-refractivity contribution is 8.00. The number of carbonyl (C=O) groups excluding carboxylic acids is 3. The molecule has 300 valence electrons. The molecule has 60 heavy (non-hydrogen) atoms. The number of allylic oxidation sites excluding steroid dienone is 1. The summed E-state index contributed by atoms with van der Waals surface area (Å²) in [6.45, 7) is 0.708. The van der Waals surface area contributed by atoms with Gasteiger partial charge < -0.3 is 30.9 Å². The number of aromatic nitrogens is 3. The molecule has 2 aromatic heterocycles. The molecule has 2 fully saturated rings. The summed E-state index contributed by atoms with van der Waals surface area (Å²) < 4.78 is 0. The van der Waals surface area contributed by atoms with Gasteiger partial charge in [0.25, 0.3) is 11.8 Å². The van der Waals surface area contributed by atoms with E-state index in [1.165, 1.54) is 16.7 Å². The van der Waals surface area contributed by atoms with Crippen LogP contribution in [-0.2, 0) is 36.2 Å². The number of benzene rings is 4. The monoisotopic (exact) mass is 836 g/mol. The number of nitrogens with one attached hydrogen (secondary N) is 2. The quantitative estimate of drug-likeness (QED) is 0.0407. The van der Waals surface area contributed by atoms with Gasteiger partial charge in [-0.25, -0.2) is 14.8 Å². The summed E-state index contributed by atoms with van der Waals surface area (Å²) in [6, 6.07) is 35.0. The Balaban J connectivity index is 0.983. The molecule has 2 atom stereocenters. The van der Waals surface area contributed by atoms with Gasteiger partial charge in [0.15, 0.2) is 10.8 Å². The Morgan fingerprint density at radius 1 is 0.933 bits per heavy atom. The van der Waals surface area contributed by atoms with E-state index in [1.54, 1.807) is 16.4 Å². The van der Waals surface area contributed by atoms with E-state index in [1.807, 2.05) is 115 Å². The summed E-state index contributed by atoms with van der Waals surface area (Å²) in [5.41, 5.74) is 9.04. The van der Waals surface area contributed by atoms with Crippen LogP contribution in [0.15, 0.2) is 149 Å². The number of amides is 3. The van der Waals surface area contributed by atoms with Gasteiger partial charge in [0, 0.05) is 39.9 Å². The normalized spacial score (nSPS) is 18.8. The van der Waals surface area contributed by atoms with Crippen molar-refractivity contribution >= 4 is 68.7 Å². The molecule has 3 aliphatic rings. The third-order valence-corrected chi connectivity index (χ3v) is 12.6. The molecule has 0 spiro atoms. The molecule has 0 aliphatic carbocycles. The van der Waals surface area contributed by atoms with Crippen LogP contribution in [0.3, 0.4) is 0 Å². The number of nitrogen functional groups attached to an aromatic ring is 1. The number of nitrogens with zero attached hydrogens (tertiary/aromatic N) is 5. The standard InChI is InChI=1S/C44H36N8O6S2/c45-43-48-33(25-60-43)35(50-58-44(28-12-4-1-5-13-28,29-14-6-2-7-15-29)30-16-8-3-9-17-30)38(53)49-36-40(55)52-37(42(56)57)27(24-59-41(36)52)22-26-20-21-51(39(26)54)23-34-46-31-18-10-11-19-32(31)47-34/h1-19,22,25,36,41H,20-21,23-24H2,(H2,45,48)(H,46,47)(H,49,53)(H,56,57)/b26-22+,50-35-/t36-,41-/m1/s1. The van der Waals surface area contributed by atoms with Crippen LogP contribution in [-0.4, -0.2) is 83.0 Å². The minimum atomic E-state index is -1.32. The lowest BCUT2D eigenvalue weighted by molar-refractivity contribution is -0.150. The number of hydrogen-bond donors (Lipinski definition) is 4. The van der Waals surface area contributed by atoms with Crippen molar-refractivity contribution in [3.8, 4) is 0 Å². The van der Waals surface area contributed by atoms with Crippen molar-refractivity contribution in [2.45, 2.75) is 30.0 Å². The molecular weight excluding hydrogens is 801 g/mol. The molecule has 0 bridgehead atoms. The van der Waals surface area contributed by atoms with Crippen LogP contribution in [0.2, 0.25) is 0 Å². The van der Waals surface area contributed by atoms with E-state index in [-0.39, 0.29) is 40.4 Å². The minimum absolute atomic E-state index is 0.133. The predicted octanol–water partition coefficient (Wildman–Crippen LogP) is 5.41. The van der Waals surface area contributed by atoms with Crippen molar-refractivity contribution in [1.29, 1.82) is 0 Å². The molecular formula is C44H36N8O6S2. The van der Waals surface area contributed by atoms with Crippen molar-refractivity contribution in [2.24, 2.45) is 5.16 Å². The molecule has 0 unspecified atom stereocenters. The molecule has 0 saturated carbocycles.